The van der Waals surface area contributed by atoms with Crippen LogP contribution in [0.1, 0.15) is 39.5 Å². The number of likely N-dealkylation sites (N-methyl/N-ethyl adjacent to an activating group) is 1. The molecule has 0 spiro atoms. The molecule has 124 valence electrons. The predicted molar refractivity (Wildman–Crippen MR) is 92.2 cm³/mol. The summed E-state index contributed by atoms with van der Waals surface area (Å²) in [5.41, 5.74) is 1.11. The Morgan fingerprint density at radius 1 is 1.14 bits per heavy atom. The molecule has 0 radical (unpaired) electrons. The van der Waals surface area contributed by atoms with Crippen LogP contribution in [0.25, 0.3) is 0 Å². The van der Waals surface area contributed by atoms with Crippen molar-refractivity contribution in [3.8, 4) is 11.5 Å². The van der Waals surface area contributed by atoms with E-state index in [0.717, 1.165) is 49.8 Å². The highest BCUT2D eigenvalue weighted by Crippen LogP contribution is 2.31. The van der Waals surface area contributed by atoms with Gasteiger partial charge in [0.15, 0.2) is 11.5 Å². The number of nitrogens with one attached hydrogen (secondary N) is 1. The van der Waals surface area contributed by atoms with Crippen LogP contribution in [0.3, 0.4) is 0 Å². The van der Waals surface area contributed by atoms with E-state index in [9.17, 15) is 0 Å². The number of ether oxygens (including phenoxy) is 2. The normalized spacial score (nSPS) is 18.4. The monoisotopic (exact) mass is 306 g/mol. The largest absolute Gasteiger partial charge is 0.490 e. The van der Waals surface area contributed by atoms with Crippen molar-refractivity contribution in [1.82, 2.24) is 4.90 Å². The smallest absolute Gasteiger partial charge is 0.163 e. The third-order valence-corrected chi connectivity index (χ3v) is 4.08. The summed E-state index contributed by atoms with van der Waals surface area (Å²) in [6.45, 7) is 7.87. The van der Waals surface area contributed by atoms with Gasteiger partial charge in [-0.15, -0.1) is 0 Å². The van der Waals surface area contributed by atoms with Crippen LogP contribution in [0.4, 0.5) is 5.69 Å². The van der Waals surface area contributed by atoms with Crippen LogP contribution in [0.2, 0.25) is 0 Å². The Morgan fingerprint density at radius 3 is 2.50 bits per heavy atom. The Bertz CT molecular complexity index is 451. The van der Waals surface area contributed by atoms with Gasteiger partial charge in [-0.3, -0.25) is 0 Å². The number of rotatable bonds is 9. The summed E-state index contributed by atoms with van der Waals surface area (Å²) >= 11 is 0. The van der Waals surface area contributed by atoms with Crippen molar-refractivity contribution in [3.63, 3.8) is 0 Å². The number of hydrogen-bond acceptors (Lipinski definition) is 4. The number of hydrogen-bond donors (Lipinski definition) is 1. The molecule has 1 atom stereocenters. The van der Waals surface area contributed by atoms with Crippen molar-refractivity contribution in [2.24, 2.45) is 0 Å². The summed E-state index contributed by atoms with van der Waals surface area (Å²) in [7, 11) is 2.21. The van der Waals surface area contributed by atoms with E-state index < -0.39 is 0 Å². The van der Waals surface area contributed by atoms with Gasteiger partial charge in [-0.05, 0) is 51.4 Å². The Hall–Kier alpha value is -1.42. The van der Waals surface area contributed by atoms with Gasteiger partial charge in [0.2, 0.25) is 0 Å². The molecule has 0 amide bonds. The lowest BCUT2D eigenvalue weighted by Gasteiger charge is -2.21. The van der Waals surface area contributed by atoms with E-state index in [2.05, 4.69) is 43.2 Å². The van der Waals surface area contributed by atoms with Crippen LogP contribution in [-0.2, 0) is 0 Å². The van der Waals surface area contributed by atoms with Crippen molar-refractivity contribution >= 4 is 5.69 Å². The molecule has 1 aromatic rings. The molecule has 1 aliphatic rings. The van der Waals surface area contributed by atoms with Gasteiger partial charge in [-0.1, -0.05) is 13.8 Å². The summed E-state index contributed by atoms with van der Waals surface area (Å²) in [5.74, 6) is 1.69. The zero-order chi connectivity index (χ0) is 15.8. The molecule has 2 rings (SSSR count). The molecule has 1 fully saturated rings. The highest BCUT2D eigenvalue weighted by molar-refractivity contribution is 5.54. The van der Waals surface area contributed by atoms with Gasteiger partial charge >= 0.3 is 0 Å². The zero-order valence-electron chi connectivity index (χ0n) is 14.2. The first kappa shape index (κ1) is 16.9. The van der Waals surface area contributed by atoms with Gasteiger partial charge in [0.25, 0.3) is 0 Å². The summed E-state index contributed by atoms with van der Waals surface area (Å²) in [4.78, 5) is 2.43. The lowest BCUT2D eigenvalue weighted by atomic mass is 10.2. The second-order valence-electron chi connectivity index (χ2n) is 6.02. The number of likely N-dealkylation sites (tertiary alicyclic amines) is 1. The topological polar surface area (TPSA) is 33.7 Å². The lowest BCUT2D eigenvalue weighted by molar-refractivity contribution is 0.268. The van der Waals surface area contributed by atoms with Crippen LogP contribution >= 0.6 is 0 Å². The first-order valence-electron chi connectivity index (χ1n) is 8.58. The molecule has 4 nitrogen and oxygen atoms in total. The molecule has 1 saturated heterocycles. The average Bonchev–Trinajstić information content (AvgIpc) is 2.95. The van der Waals surface area contributed by atoms with Crippen molar-refractivity contribution in [2.75, 3.05) is 38.7 Å². The molecular formula is C18H30N2O2. The second-order valence-corrected chi connectivity index (χ2v) is 6.02. The number of anilines is 1. The molecule has 1 aromatic carbocycles. The quantitative estimate of drug-likeness (QED) is 0.753. The summed E-state index contributed by atoms with van der Waals surface area (Å²) in [5, 5.41) is 3.54. The van der Waals surface area contributed by atoms with Gasteiger partial charge < -0.3 is 19.7 Å². The Kier molecular flexibility index (Phi) is 6.84. The molecule has 4 heteroatoms. The molecular weight excluding hydrogens is 276 g/mol. The van der Waals surface area contributed by atoms with Crippen LogP contribution < -0.4 is 14.8 Å². The van der Waals surface area contributed by atoms with Gasteiger partial charge in [0, 0.05) is 24.3 Å². The minimum Gasteiger partial charge on any atom is -0.490 e. The molecule has 0 bridgehead atoms. The first-order valence-corrected chi connectivity index (χ1v) is 8.58. The van der Waals surface area contributed by atoms with Gasteiger partial charge in [0.1, 0.15) is 0 Å². The van der Waals surface area contributed by atoms with Crippen LogP contribution in [0.5, 0.6) is 11.5 Å². The third-order valence-electron chi connectivity index (χ3n) is 4.08. The Morgan fingerprint density at radius 2 is 1.86 bits per heavy atom. The maximum atomic E-state index is 5.84. The van der Waals surface area contributed by atoms with E-state index in [-0.39, 0.29) is 0 Å². The van der Waals surface area contributed by atoms with Gasteiger partial charge in [-0.25, -0.2) is 0 Å². The van der Waals surface area contributed by atoms with Crippen molar-refractivity contribution in [2.45, 2.75) is 45.6 Å². The summed E-state index contributed by atoms with van der Waals surface area (Å²) in [6.07, 6.45) is 4.58. The third kappa shape index (κ3) is 4.80. The fourth-order valence-electron chi connectivity index (χ4n) is 2.75. The first-order chi connectivity index (χ1) is 10.7. The fourth-order valence-corrected chi connectivity index (χ4v) is 2.75. The van der Waals surface area contributed by atoms with E-state index in [1.165, 1.54) is 19.4 Å². The Balaban J connectivity index is 1.98. The Labute approximate surface area is 134 Å². The second kappa shape index (κ2) is 8.89. The number of benzene rings is 1. The summed E-state index contributed by atoms with van der Waals surface area (Å²) in [6, 6.07) is 6.80. The van der Waals surface area contributed by atoms with E-state index in [0.29, 0.717) is 6.04 Å². The summed E-state index contributed by atoms with van der Waals surface area (Å²) < 4.78 is 11.6. The van der Waals surface area contributed by atoms with Crippen LogP contribution in [-0.4, -0.2) is 44.3 Å². The maximum Gasteiger partial charge on any atom is 0.163 e. The molecule has 1 heterocycles. The predicted octanol–water partition coefficient (Wildman–Crippen LogP) is 3.77. The maximum absolute atomic E-state index is 5.84. The highest BCUT2D eigenvalue weighted by atomic mass is 16.5. The molecule has 1 aliphatic heterocycles. The molecule has 0 saturated carbocycles. The van der Waals surface area contributed by atoms with Crippen LogP contribution in [0.15, 0.2) is 18.2 Å². The van der Waals surface area contributed by atoms with Crippen molar-refractivity contribution < 1.29 is 9.47 Å². The molecule has 0 aliphatic carbocycles. The zero-order valence-corrected chi connectivity index (χ0v) is 14.2. The molecule has 1 N–H and O–H groups in total. The minimum absolute atomic E-state index is 0.635. The minimum atomic E-state index is 0.635. The molecule has 1 unspecified atom stereocenters. The van der Waals surface area contributed by atoms with Crippen molar-refractivity contribution in [3.05, 3.63) is 18.2 Å². The van der Waals surface area contributed by atoms with E-state index >= 15 is 0 Å². The van der Waals surface area contributed by atoms with E-state index in [1.54, 1.807) is 0 Å². The fraction of sp³-hybridized carbons (Fsp3) is 0.667. The number of nitrogens with zero attached hydrogens (tertiary/aromatic N) is 1. The molecule has 22 heavy (non-hydrogen) atoms. The average molecular weight is 306 g/mol. The van der Waals surface area contributed by atoms with Gasteiger partial charge in [0.05, 0.1) is 13.2 Å². The van der Waals surface area contributed by atoms with Crippen molar-refractivity contribution in [1.29, 1.82) is 0 Å². The highest BCUT2D eigenvalue weighted by Gasteiger charge is 2.20. The van der Waals surface area contributed by atoms with Crippen LogP contribution in [0, 0.1) is 0 Å². The molecule has 0 aromatic heterocycles. The lowest BCUT2D eigenvalue weighted by Crippen LogP contribution is -2.31. The van der Waals surface area contributed by atoms with Gasteiger partial charge in [-0.2, -0.15) is 0 Å². The standard InChI is InChI=1S/C18H30N2O2/c1-4-11-21-17-9-8-15(13-18(17)22-12-5-2)19-14-16-7-6-10-20(16)3/h8-9,13,16,19H,4-7,10-12,14H2,1-3H3. The SMILES string of the molecule is CCCOc1ccc(NCC2CCCN2C)cc1OCCC. The van der Waals surface area contributed by atoms with E-state index in [4.69, 9.17) is 9.47 Å². The van der Waals surface area contributed by atoms with E-state index in [1.807, 2.05) is 6.07 Å².